The van der Waals surface area contributed by atoms with E-state index in [1.54, 1.807) is 0 Å². The van der Waals surface area contributed by atoms with Gasteiger partial charge >= 0.3 is 0 Å². The van der Waals surface area contributed by atoms with E-state index in [9.17, 15) is 4.79 Å². The van der Waals surface area contributed by atoms with Crippen LogP contribution in [0.4, 0.5) is 0 Å². The number of ether oxygens (including phenoxy) is 1. The van der Waals surface area contributed by atoms with Gasteiger partial charge in [0.2, 0.25) is 5.91 Å². The maximum atomic E-state index is 10.7. The maximum absolute atomic E-state index is 10.7. The van der Waals surface area contributed by atoms with Crippen molar-refractivity contribution >= 4 is 5.91 Å². The number of hydrogen-bond acceptors (Lipinski definition) is 3. The molecule has 0 radical (unpaired) electrons. The standard InChI is InChI=1S/C16H18N2O2/c1-12(18-11-16(17)19)13-7-9-15(10-8-13)20-14-5-3-2-4-6-14/h2-10,12,18H,11H2,1H3,(H2,17,19). The Morgan fingerprint density at radius 3 is 2.30 bits per heavy atom. The van der Waals surface area contributed by atoms with E-state index in [4.69, 9.17) is 10.5 Å². The molecule has 1 atom stereocenters. The molecule has 4 heteroatoms. The summed E-state index contributed by atoms with van der Waals surface area (Å²) in [4.78, 5) is 10.7. The van der Waals surface area contributed by atoms with Crippen molar-refractivity contribution in [2.24, 2.45) is 5.73 Å². The molecule has 2 rings (SSSR count). The lowest BCUT2D eigenvalue weighted by Gasteiger charge is -2.13. The monoisotopic (exact) mass is 270 g/mol. The summed E-state index contributed by atoms with van der Waals surface area (Å²) < 4.78 is 5.72. The molecular weight excluding hydrogens is 252 g/mol. The first-order valence-electron chi connectivity index (χ1n) is 6.49. The highest BCUT2D eigenvalue weighted by Crippen LogP contribution is 2.22. The van der Waals surface area contributed by atoms with Crippen molar-refractivity contribution in [1.29, 1.82) is 0 Å². The van der Waals surface area contributed by atoms with Crippen LogP contribution in [0.15, 0.2) is 54.6 Å². The third-order valence-electron chi connectivity index (χ3n) is 2.94. The van der Waals surface area contributed by atoms with Crippen molar-refractivity contribution in [3.05, 3.63) is 60.2 Å². The molecular formula is C16H18N2O2. The fourth-order valence-corrected chi connectivity index (χ4v) is 1.82. The van der Waals surface area contributed by atoms with Crippen LogP contribution >= 0.6 is 0 Å². The molecule has 3 N–H and O–H groups in total. The molecule has 1 unspecified atom stereocenters. The SMILES string of the molecule is CC(NCC(N)=O)c1ccc(Oc2ccccc2)cc1. The second-order valence-corrected chi connectivity index (χ2v) is 4.55. The van der Waals surface area contributed by atoms with Gasteiger partial charge in [-0.05, 0) is 36.8 Å². The lowest BCUT2D eigenvalue weighted by atomic mass is 10.1. The van der Waals surface area contributed by atoms with Gasteiger partial charge in [0.05, 0.1) is 6.54 Å². The summed E-state index contributed by atoms with van der Waals surface area (Å²) in [5.74, 6) is 1.23. The average Bonchev–Trinajstić information content (AvgIpc) is 2.46. The van der Waals surface area contributed by atoms with Gasteiger partial charge < -0.3 is 15.8 Å². The summed E-state index contributed by atoms with van der Waals surface area (Å²) in [6.45, 7) is 2.15. The number of rotatable bonds is 6. The van der Waals surface area contributed by atoms with Crippen LogP contribution in [0.25, 0.3) is 0 Å². The largest absolute Gasteiger partial charge is 0.457 e. The fraction of sp³-hybridized carbons (Fsp3) is 0.188. The normalized spacial score (nSPS) is 11.8. The molecule has 0 fully saturated rings. The van der Waals surface area contributed by atoms with E-state index in [-0.39, 0.29) is 18.5 Å². The van der Waals surface area contributed by atoms with Crippen LogP contribution in [0.3, 0.4) is 0 Å². The molecule has 0 aliphatic carbocycles. The Kier molecular flexibility index (Phi) is 4.74. The lowest BCUT2D eigenvalue weighted by Crippen LogP contribution is -2.30. The summed E-state index contributed by atoms with van der Waals surface area (Å²) in [6, 6.07) is 17.4. The van der Waals surface area contributed by atoms with Gasteiger partial charge in [-0.15, -0.1) is 0 Å². The van der Waals surface area contributed by atoms with E-state index in [2.05, 4.69) is 5.32 Å². The van der Waals surface area contributed by atoms with Crippen molar-refractivity contribution in [2.75, 3.05) is 6.54 Å². The van der Waals surface area contributed by atoms with Gasteiger partial charge in [0.15, 0.2) is 0 Å². The van der Waals surface area contributed by atoms with E-state index in [0.717, 1.165) is 17.1 Å². The zero-order valence-corrected chi connectivity index (χ0v) is 11.4. The number of hydrogen-bond donors (Lipinski definition) is 2. The summed E-state index contributed by atoms with van der Waals surface area (Å²) in [6.07, 6.45) is 0. The number of nitrogens with one attached hydrogen (secondary N) is 1. The molecule has 0 bridgehead atoms. The van der Waals surface area contributed by atoms with Gasteiger partial charge in [-0.1, -0.05) is 30.3 Å². The Labute approximate surface area is 118 Å². The zero-order valence-electron chi connectivity index (χ0n) is 11.4. The fourth-order valence-electron chi connectivity index (χ4n) is 1.82. The number of benzene rings is 2. The van der Waals surface area contributed by atoms with Crippen molar-refractivity contribution in [3.8, 4) is 11.5 Å². The average molecular weight is 270 g/mol. The number of carbonyl (C=O) groups excluding carboxylic acids is 1. The van der Waals surface area contributed by atoms with E-state index >= 15 is 0 Å². The molecule has 2 aromatic carbocycles. The molecule has 0 heterocycles. The van der Waals surface area contributed by atoms with Crippen LogP contribution in [0.1, 0.15) is 18.5 Å². The van der Waals surface area contributed by atoms with Crippen molar-refractivity contribution in [1.82, 2.24) is 5.32 Å². The number of primary amides is 1. The highest BCUT2D eigenvalue weighted by Gasteiger charge is 2.06. The van der Waals surface area contributed by atoms with Gasteiger partial charge in [0, 0.05) is 6.04 Å². The van der Waals surface area contributed by atoms with Crippen LogP contribution in [-0.2, 0) is 4.79 Å². The van der Waals surface area contributed by atoms with Crippen LogP contribution in [0.2, 0.25) is 0 Å². The highest BCUT2D eigenvalue weighted by molar-refractivity contribution is 5.75. The highest BCUT2D eigenvalue weighted by atomic mass is 16.5. The molecule has 2 aromatic rings. The third-order valence-corrected chi connectivity index (χ3v) is 2.94. The first kappa shape index (κ1) is 14.1. The summed E-state index contributed by atoms with van der Waals surface area (Å²) in [5, 5.41) is 3.05. The molecule has 0 aliphatic rings. The second-order valence-electron chi connectivity index (χ2n) is 4.55. The zero-order chi connectivity index (χ0) is 14.4. The number of para-hydroxylation sites is 1. The Morgan fingerprint density at radius 2 is 1.70 bits per heavy atom. The number of nitrogens with two attached hydrogens (primary N) is 1. The Balaban J connectivity index is 1.97. The minimum Gasteiger partial charge on any atom is -0.457 e. The minimum absolute atomic E-state index is 0.0632. The molecule has 1 amide bonds. The Hall–Kier alpha value is -2.33. The summed E-state index contributed by atoms with van der Waals surface area (Å²) in [7, 11) is 0. The van der Waals surface area contributed by atoms with Crippen LogP contribution < -0.4 is 15.8 Å². The van der Waals surface area contributed by atoms with E-state index < -0.39 is 0 Å². The molecule has 0 spiro atoms. The Bertz CT molecular complexity index is 552. The smallest absolute Gasteiger partial charge is 0.231 e. The maximum Gasteiger partial charge on any atom is 0.231 e. The predicted molar refractivity (Wildman–Crippen MR) is 78.6 cm³/mol. The van der Waals surface area contributed by atoms with Crippen molar-refractivity contribution < 1.29 is 9.53 Å². The first-order valence-corrected chi connectivity index (χ1v) is 6.49. The Morgan fingerprint density at radius 1 is 1.10 bits per heavy atom. The van der Waals surface area contributed by atoms with Gasteiger partial charge in [0.25, 0.3) is 0 Å². The van der Waals surface area contributed by atoms with E-state index in [1.807, 2.05) is 61.5 Å². The molecule has 0 saturated carbocycles. The van der Waals surface area contributed by atoms with Gasteiger partial charge in [-0.3, -0.25) is 4.79 Å². The number of carbonyl (C=O) groups is 1. The van der Waals surface area contributed by atoms with Crippen molar-refractivity contribution in [2.45, 2.75) is 13.0 Å². The van der Waals surface area contributed by atoms with Gasteiger partial charge in [0.1, 0.15) is 11.5 Å². The van der Waals surface area contributed by atoms with Gasteiger partial charge in [-0.2, -0.15) is 0 Å². The topological polar surface area (TPSA) is 64.3 Å². The molecule has 0 saturated heterocycles. The van der Waals surface area contributed by atoms with Gasteiger partial charge in [-0.25, -0.2) is 0 Å². The number of amides is 1. The second kappa shape index (κ2) is 6.73. The van der Waals surface area contributed by atoms with Crippen LogP contribution in [0.5, 0.6) is 11.5 Å². The van der Waals surface area contributed by atoms with E-state index in [0.29, 0.717) is 0 Å². The predicted octanol–water partition coefficient (Wildman–Crippen LogP) is 2.61. The summed E-state index contributed by atoms with van der Waals surface area (Å²) in [5.41, 5.74) is 6.18. The molecule has 0 aliphatic heterocycles. The third kappa shape index (κ3) is 4.10. The first-order chi connectivity index (χ1) is 9.65. The molecule has 20 heavy (non-hydrogen) atoms. The molecule has 104 valence electrons. The molecule has 0 aromatic heterocycles. The summed E-state index contributed by atoms with van der Waals surface area (Å²) >= 11 is 0. The minimum atomic E-state index is -0.360. The van der Waals surface area contributed by atoms with Crippen LogP contribution in [-0.4, -0.2) is 12.5 Å². The van der Waals surface area contributed by atoms with Crippen LogP contribution in [0, 0.1) is 0 Å². The van der Waals surface area contributed by atoms with E-state index in [1.165, 1.54) is 0 Å². The van der Waals surface area contributed by atoms with Crippen molar-refractivity contribution in [3.63, 3.8) is 0 Å². The molecule has 4 nitrogen and oxygen atoms in total. The lowest BCUT2D eigenvalue weighted by molar-refractivity contribution is -0.117. The quantitative estimate of drug-likeness (QED) is 0.848.